The second-order valence-electron chi connectivity index (χ2n) is 8.43. The first-order valence-corrected chi connectivity index (χ1v) is 10.9. The molecule has 4 rings (SSSR count). The Kier molecular flexibility index (Phi) is 6.42. The van der Waals surface area contributed by atoms with E-state index in [0.29, 0.717) is 23.4 Å². The van der Waals surface area contributed by atoms with Gasteiger partial charge in [0, 0.05) is 42.0 Å². The van der Waals surface area contributed by atoms with E-state index in [1.165, 1.54) is 0 Å². The van der Waals surface area contributed by atoms with Crippen LogP contribution in [0.1, 0.15) is 54.2 Å². The molecule has 3 N–H and O–H groups in total. The number of rotatable bonds is 6. The number of anilines is 1. The maximum Gasteiger partial charge on any atom is 0.253 e. The van der Waals surface area contributed by atoms with Crippen LogP contribution in [0.3, 0.4) is 0 Å². The summed E-state index contributed by atoms with van der Waals surface area (Å²) in [6, 6.07) is 9.67. The topological polar surface area (TPSA) is 100 Å². The van der Waals surface area contributed by atoms with Crippen LogP contribution < -0.4 is 10.6 Å². The van der Waals surface area contributed by atoms with Crippen molar-refractivity contribution in [3.05, 3.63) is 59.5 Å². The van der Waals surface area contributed by atoms with Crippen LogP contribution in [0.15, 0.2) is 42.7 Å². The monoisotopic (exact) mass is 419 g/mol. The molecule has 0 radical (unpaired) electrons. The van der Waals surface area contributed by atoms with Crippen LogP contribution in [0.4, 0.5) is 5.95 Å². The number of aryl methyl sites for hydroxylation is 1. The summed E-state index contributed by atoms with van der Waals surface area (Å²) < 4.78 is 0. The molecule has 31 heavy (non-hydrogen) atoms. The Morgan fingerprint density at radius 2 is 1.97 bits per heavy atom. The lowest BCUT2D eigenvalue weighted by molar-refractivity contribution is 0.0941. The molecule has 7 nitrogen and oxygen atoms in total. The molecule has 2 heterocycles. The fraction of sp³-hybridized carbons (Fsp3) is 0.417. The molecule has 1 aromatic carbocycles. The van der Waals surface area contributed by atoms with Crippen molar-refractivity contribution in [3.8, 4) is 0 Å². The van der Waals surface area contributed by atoms with Crippen molar-refractivity contribution in [1.82, 2.24) is 20.3 Å². The van der Waals surface area contributed by atoms with Crippen molar-refractivity contribution < 1.29 is 9.90 Å². The van der Waals surface area contributed by atoms with Gasteiger partial charge in [0.1, 0.15) is 0 Å². The maximum atomic E-state index is 13.0. The highest BCUT2D eigenvalue weighted by atomic mass is 16.3. The van der Waals surface area contributed by atoms with Crippen LogP contribution in [-0.2, 0) is 6.42 Å². The predicted octanol–water partition coefficient (Wildman–Crippen LogP) is 3.41. The van der Waals surface area contributed by atoms with E-state index in [4.69, 9.17) is 0 Å². The maximum absolute atomic E-state index is 13.0. The van der Waals surface area contributed by atoms with Crippen molar-refractivity contribution in [2.45, 2.75) is 64.1 Å². The number of nitrogens with one attached hydrogen (secondary N) is 2. The highest BCUT2D eigenvalue weighted by molar-refractivity contribution is 6.05. The van der Waals surface area contributed by atoms with Gasteiger partial charge in [0.25, 0.3) is 5.91 Å². The van der Waals surface area contributed by atoms with Crippen molar-refractivity contribution in [3.63, 3.8) is 0 Å². The molecule has 1 fully saturated rings. The molecular formula is C24H29N5O2. The second-order valence-corrected chi connectivity index (χ2v) is 8.43. The smallest absolute Gasteiger partial charge is 0.253 e. The number of aromatic nitrogens is 3. The molecule has 1 amide bonds. The molecule has 162 valence electrons. The average Bonchev–Trinajstić information content (AvgIpc) is 2.76. The SMILES string of the molecule is Cc1cccnc1CC(C)NC(=O)c1cccc2cnc(N[C@H]3CC[C@H](O)CC3)nc12. The van der Waals surface area contributed by atoms with E-state index in [1.807, 2.05) is 38.1 Å². The standard InChI is InChI=1S/C24H29N5O2/c1-15-5-4-12-25-21(15)13-16(2)27-23(31)20-7-3-6-17-14-26-24(29-22(17)20)28-18-8-10-19(30)11-9-18/h3-7,12,14,16,18-19,30H,8-11,13H2,1-2H3,(H,27,31)(H,26,28,29)/t16?,18-,19-. The van der Waals surface area contributed by atoms with Gasteiger partial charge in [-0.1, -0.05) is 18.2 Å². The normalized spacial score (nSPS) is 19.7. The third kappa shape index (κ3) is 5.17. The number of amides is 1. The summed E-state index contributed by atoms with van der Waals surface area (Å²) >= 11 is 0. The average molecular weight is 420 g/mol. The molecule has 0 bridgehead atoms. The number of hydrogen-bond acceptors (Lipinski definition) is 6. The van der Waals surface area contributed by atoms with E-state index < -0.39 is 0 Å². The Labute approximate surface area is 182 Å². The molecule has 2 aromatic heterocycles. The van der Waals surface area contributed by atoms with E-state index in [-0.39, 0.29) is 24.1 Å². The van der Waals surface area contributed by atoms with Crippen LogP contribution in [0, 0.1) is 6.92 Å². The lowest BCUT2D eigenvalue weighted by Crippen LogP contribution is -2.34. The molecular weight excluding hydrogens is 390 g/mol. The number of carbonyl (C=O) groups excluding carboxylic acids is 1. The first kappa shape index (κ1) is 21.2. The summed E-state index contributed by atoms with van der Waals surface area (Å²) in [6.07, 6.45) is 7.32. The fourth-order valence-electron chi connectivity index (χ4n) is 4.09. The molecule has 1 aliphatic rings. The number of aliphatic hydroxyl groups is 1. The van der Waals surface area contributed by atoms with Crippen LogP contribution in [-0.4, -0.2) is 44.2 Å². The molecule has 3 aromatic rings. The van der Waals surface area contributed by atoms with Gasteiger partial charge < -0.3 is 15.7 Å². The van der Waals surface area contributed by atoms with Crippen LogP contribution in [0.25, 0.3) is 10.9 Å². The third-order valence-electron chi connectivity index (χ3n) is 5.88. The molecule has 0 saturated heterocycles. The number of carbonyl (C=O) groups is 1. The van der Waals surface area contributed by atoms with Crippen LogP contribution >= 0.6 is 0 Å². The number of para-hydroxylation sites is 1. The van der Waals surface area contributed by atoms with Crippen molar-refractivity contribution in [2.24, 2.45) is 0 Å². The van der Waals surface area contributed by atoms with Gasteiger partial charge in [0.05, 0.1) is 17.2 Å². The van der Waals surface area contributed by atoms with E-state index in [1.54, 1.807) is 18.5 Å². The minimum atomic E-state index is -0.206. The minimum Gasteiger partial charge on any atom is -0.393 e. The van der Waals surface area contributed by atoms with Crippen molar-refractivity contribution in [1.29, 1.82) is 0 Å². The van der Waals surface area contributed by atoms with E-state index in [9.17, 15) is 9.90 Å². The summed E-state index contributed by atoms with van der Waals surface area (Å²) in [7, 11) is 0. The number of fused-ring (bicyclic) bond motifs is 1. The molecule has 7 heteroatoms. The summed E-state index contributed by atoms with van der Waals surface area (Å²) in [5.74, 6) is 0.364. The summed E-state index contributed by atoms with van der Waals surface area (Å²) in [5.41, 5.74) is 3.27. The zero-order valence-electron chi connectivity index (χ0n) is 18.0. The van der Waals surface area contributed by atoms with Gasteiger partial charge in [-0.15, -0.1) is 0 Å². The first-order chi connectivity index (χ1) is 15.0. The highest BCUT2D eigenvalue weighted by Gasteiger charge is 2.21. The van der Waals surface area contributed by atoms with Crippen LogP contribution in [0.2, 0.25) is 0 Å². The largest absolute Gasteiger partial charge is 0.393 e. The van der Waals surface area contributed by atoms with E-state index in [0.717, 1.165) is 42.3 Å². The number of benzene rings is 1. The lowest BCUT2D eigenvalue weighted by atomic mass is 9.93. The van der Waals surface area contributed by atoms with Crippen LogP contribution in [0.5, 0.6) is 0 Å². The summed E-state index contributed by atoms with van der Waals surface area (Å²) in [4.78, 5) is 26.5. The van der Waals surface area contributed by atoms with E-state index in [2.05, 4.69) is 25.6 Å². The zero-order chi connectivity index (χ0) is 21.8. The summed E-state index contributed by atoms with van der Waals surface area (Å²) in [5, 5.41) is 17.0. The first-order valence-electron chi connectivity index (χ1n) is 10.9. The Bertz CT molecular complexity index is 1060. The van der Waals surface area contributed by atoms with Gasteiger partial charge in [-0.2, -0.15) is 0 Å². The van der Waals surface area contributed by atoms with Gasteiger partial charge in [-0.25, -0.2) is 9.97 Å². The number of nitrogens with zero attached hydrogens (tertiary/aromatic N) is 3. The van der Waals surface area contributed by atoms with Crippen molar-refractivity contribution >= 4 is 22.8 Å². The quantitative estimate of drug-likeness (QED) is 0.566. The van der Waals surface area contributed by atoms with Crippen molar-refractivity contribution in [2.75, 3.05) is 5.32 Å². The predicted molar refractivity (Wildman–Crippen MR) is 121 cm³/mol. The van der Waals surface area contributed by atoms with E-state index >= 15 is 0 Å². The molecule has 0 aliphatic heterocycles. The second kappa shape index (κ2) is 9.39. The molecule has 1 aliphatic carbocycles. The Morgan fingerprint density at radius 3 is 2.74 bits per heavy atom. The van der Waals surface area contributed by atoms with Gasteiger partial charge in [-0.3, -0.25) is 9.78 Å². The Hall–Kier alpha value is -3.06. The third-order valence-corrected chi connectivity index (χ3v) is 5.88. The van der Waals surface area contributed by atoms with Gasteiger partial charge in [0.2, 0.25) is 5.95 Å². The Morgan fingerprint density at radius 1 is 1.16 bits per heavy atom. The Balaban J connectivity index is 1.49. The molecule has 1 saturated carbocycles. The lowest BCUT2D eigenvalue weighted by Gasteiger charge is -2.26. The number of hydrogen-bond donors (Lipinski definition) is 3. The van der Waals surface area contributed by atoms with Gasteiger partial charge in [-0.05, 0) is 57.2 Å². The fourth-order valence-corrected chi connectivity index (χ4v) is 4.09. The summed E-state index contributed by atoms with van der Waals surface area (Å²) in [6.45, 7) is 4.01. The molecule has 0 spiro atoms. The highest BCUT2D eigenvalue weighted by Crippen LogP contribution is 2.23. The van der Waals surface area contributed by atoms with Gasteiger partial charge >= 0.3 is 0 Å². The van der Waals surface area contributed by atoms with Gasteiger partial charge in [0.15, 0.2) is 0 Å². The molecule has 1 atom stereocenters. The molecule has 1 unspecified atom stereocenters. The number of pyridine rings is 1. The zero-order valence-corrected chi connectivity index (χ0v) is 18.0. The minimum absolute atomic E-state index is 0.0653. The number of aliphatic hydroxyl groups excluding tert-OH is 1.